The van der Waals surface area contributed by atoms with E-state index in [1.165, 1.54) is 0 Å². The van der Waals surface area contributed by atoms with Gasteiger partial charge in [-0.2, -0.15) is 0 Å². The van der Waals surface area contributed by atoms with Gasteiger partial charge >= 0.3 is 6.03 Å². The Morgan fingerprint density at radius 2 is 1.82 bits per heavy atom. The highest BCUT2D eigenvalue weighted by Crippen LogP contribution is 2.20. The van der Waals surface area contributed by atoms with E-state index in [4.69, 9.17) is 0 Å². The summed E-state index contributed by atoms with van der Waals surface area (Å²) in [6.07, 6.45) is 3.75. The summed E-state index contributed by atoms with van der Waals surface area (Å²) < 4.78 is 2.05. The van der Waals surface area contributed by atoms with Crippen molar-refractivity contribution in [3.8, 4) is 0 Å². The molecule has 3 N–H and O–H groups in total. The van der Waals surface area contributed by atoms with Crippen molar-refractivity contribution < 1.29 is 4.79 Å². The molecule has 0 aliphatic carbocycles. The molecule has 6 nitrogen and oxygen atoms in total. The van der Waals surface area contributed by atoms with E-state index in [1.54, 1.807) is 6.20 Å². The number of benzene rings is 2. The van der Waals surface area contributed by atoms with Crippen molar-refractivity contribution in [2.45, 2.75) is 6.54 Å². The lowest BCUT2D eigenvalue weighted by atomic mass is 10.2. The van der Waals surface area contributed by atoms with Crippen LogP contribution in [0.5, 0.6) is 0 Å². The van der Waals surface area contributed by atoms with E-state index >= 15 is 0 Å². The fraction of sp³-hybridized carbons (Fsp3) is 0.0909. The van der Waals surface area contributed by atoms with Crippen molar-refractivity contribution in [1.82, 2.24) is 9.55 Å². The number of carbonyl (C=O) groups is 1. The summed E-state index contributed by atoms with van der Waals surface area (Å²) in [5.41, 5.74) is 3.66. The van der Waals surface area contributed by atoms with Gasteiger partial charge < -0.3 is 20.5 Å². The summed E-state index contributed by atoms with van der Waals surface area (Å²) >= 11 is 0. The van der Waals surface area contributed by atoms with Crippen molar-refractivity contribution >= 4 is 34.1 Å². The number of anilines is 3. The van der Waals surface area contributed by atoms with E-state index in [9.17, 15) is 4.79 Å². The highest BCUT2D eigenvalue weighted by molar-refractivity contribution is 6.01. The fourth-order valence-electron chi connectivity index (χ4n) is 3.07. The van der Waals surface area contributed by atoms with Crippen LogP contribution in [0.4, 0.5) is 22.0 Å². The topological polar surface area (TPSA) is 71.0 Å². The number of rotatable bonds is 5. The van der Waals surface area contributed by atoms with Crippen LogP contribution in [0.15, 0.2) is 79.1 Å². The van der Waals surface area contributed by atoms with E-state index in [0.29, 0.717) is 6.54 Å². The zero-order valence-electron chi connectivity index (χ0n) is 15.5. The Morgan fingerprint density at radius 1 is 0.964 bits per heavy atom. The van der Waals surface area contributed by atoms with Crippen LogP contribution in [-0.4, -0.2) is 15.6 Å². The largest absolute Gasteiger partial charge is 0.366 e. The lowest BCUT2D eigenvalue weighted by molar-refractivity contribution is 0.262. The molecule has 0 unspecified atom stereocenters. The summed E-state index contributed by atoms with van der Waals surface area (Å²) in [6.45, 7) is 0.624. The third-order valence-electron chi connectivity index (χ3n) is 4.47. The molecule has 0 saturated carbocycles. The monoisotopic (exact) mass is 371 g/mol. The zero-order valence-corrected chi connectivity index (χ0v) is 15.5. The Hall–Kier alpha value is -3.80. The molecule has 0 aliphatic rings. The van der Waals surface area contributed by atoms with Crippen molar-refractivity contribution in [1.29, 1.82) is 0 Å². The molecule has 2 aromatic heterocycles. The van der Waals surface area contributed by atoms with Crippen LogP contribution >= 0.6 is 0 Å². The maximum atomic E-state index is 12.4. The maximum Gasteiger partial charge on any atom is 0.323 e. The molecule has 4 aromatic rings. The quantitative estimate of drug-likeness (QED) is 0.471. The van der Waals surface area contributed by atoms with Gasteiger partial charge in [-0.25, -0.2) is 9.78 Å². The second-order valence-electron chi connectivity index (χ2n) is 6.55. The van der Waals surface area contributed by atoms with Gasteiger partial charge in [0, 0.05) is 48.3 Å². The molecule has 0 fully saturated rings. The summed E-state index contributed by atoms with van der Waals surface area (Å²) in [5, 5.41) is 10.1. The van der Waals surface area contributed by atoms with Crippen LogP contribution in [-0.2, 0) is 13.6 Å². The molecule has 0 bridgehead atoms. The number of pyridine rings is 1. The highest BCUT2D eigenvalue weighted by atomic mass is 16.2. The standard InChI is InChI=1S/C22H21N5O/c1-27-12-10-17-14-19(8-9-20(17)27)26-22(28)25-18-6-4-5-16(13-18)15-24-21-7-2-3-11-23-21/h2-14H,15H2,1H3,(H,23,24)(H2,25,26,28). The van der Waals surface area contributed by atoms with E-state index in [2.05, 4.69) is 20.9 Å². The molecule has 0 atom stereocenters. The molecule has 0 radical (unpaired) electrons. The lowest BCUT2D eigenvalue weighted by Crippen LogP contribution is -2.19. The first-order valence-electron chi connectivity index (χ1n) is 9.04. The molecule has 0 saturated heterocycles. The smallest absolute Gasteiger partial charge is 0.323 e. The average molecular weight is 371 g/mol. The Kier molecular flexibility index (Phi) is 4.93. The second kappa shape index (κ2) is 7.84. The Labute approximate surface area is 163 Å². The number of nitrogens with zero attached hydrogens (tertiary/aromatic N) is 2. The Bertz CT molecular complexity index is 1100. The first-order valence-corrected chi connectivity index (χ1v) is 9.04. The number of aromatic nitrogens is 2. The molecule has 2 aromatic carbocycles. The number of nitrogens with one attached hydrogen (secondary N) is 3. The first kappa shape index (κ1) is 17.6. The minimum Gasteiger partial charge on any atom is -0.366 e. The van der Waals surface area contributed by atoms with Gasteiger partial charge in [0.25, 0.3) is 0 Å². The molecule has 2 heterocycles. The van der Waals surface area contributed by atoms with Crippen molar-refractivity contribution in [2.75, 3.05) is 16.0 Å². The number of hydrogen-bond acceptors (Lipinski definition) is 3. The van der Waals surface area contributed by atoms with Gasteiger partial charge in [0.05, 0.1) is 0 Å². The van der Waals surface area contributed by atoms with Gasteiger partial charge in [0.2, 0.25) is 0 Å². The second-order valence-corrected chi connectivity index (χ2v) is 6.55. The molecule has 6 heteroatoms. The first-order chi connectivity index (χ1) is 13.7. The minimum absolute atomic E-state index is 0.273. The van der Waals surface area contributed by atoms with Crippen LogP contribution in [0.1, 0.15) is 5.56 Å². The number of carbonyl (C=O) groups excluding carboxylic acids is 1. The summed E-state index contributed by atoms with van der Waals surface area (Å²) in [7, 11) is 2.00. The van der Waals surface area contributed by atoms with Crippen molar-refractivity contribution in [3.05, 3.63) is 84.7 Å². The lowest BCUT2D eigenvalue weighted by Gasteiger charge is -2.10. The van der Waals surface area contributed by atoms with Crippen LogP contribution in [0.3, 0.4) is 0 Å². The van der Waals surface area contributed by atoms with E-state index in [1.807, 2.05) is 84.5 Å². The summed E-state index contributed by atoms with van der Waals surface area (Å²) in [6, 6.07) is 21.1. The molecule has 140 valence electrons. The van der Waals surface area contributed by atoms with Crippen LogP contribution in [0.2, 0.25) is 0 Å². The minimum atomic E-state index is -0.273. The third kappa shape index (κ3) is 4.12. The molecule has 28 heavy (non-hydrogen) atoms. The fourth-order valence-corrected chi connectivity index (χ4v) is 3.07. The highest BCUT2D eigenvalue weighted by Gasteiger charge is 2.05. The molecule has 0 spiro atoms. The van der Waals surface area contributed by atoms with Gasteiger partial charge in [-0.3, -0.25) is 0 Å². The molecule has 0 aliphatic heterocycles. The van der Waals surface area contributed by atoms with Gasteiger partial charge in [-0.15, -0.1) is 0 Å². The summed E-state index contributed by atoms with van der Waals surface area (Å²) in [5.74, 6) is 0.815. The molecular formula is C22H21N5O. The van der Waals surface area contributed by atoms with Gasteiger partial charge in [0.15, 0.2) is 0 Å². The predicted molar refractivity (Wildman–Crippen MR) is 114 cm³/mol. The Balaban J connectivity index is 1.38. The third-order valence-corrected chi connectivity index (χ3v) is 4.47. The van der Waals surface area contributed by atoms with Crippen LogP contribution < -0.4 is 16.0 Å². The molecule has 4 rings (SSSR count). The maximum absolute atomic E-state index is 12.4. The van der Waals surface area contributed by atoms with Gasteiger partial charge in [-0.1, -0.05) is 18.2 Å². The van der Waals surface area contributed by atoms with Crippen molar-refractivity contribution in [2.24, 2.45) is 7.05 Å². The SMILES string of the molecule is Cn1ccc2cc(NC(=O)Nc3cccc(CNc4ccccn4)c3)ccc21. The Morgan fingerprint density at radius 3 is 2.64 bits per heavy atom. The van der Waals surface area contributed by atoms with E-state index < -0.39 is 0 Å². The number of amides is 2. The molecule has 2 amide bonds. The van der Waals surface area contributed by atoms with Gasteiger partial charge in [-0.05, 0) is 54.1 Å². The van der Waals surface area contributed by atoms with E-state index in [0.717, 1.165) is 33.7 Å². The van der Waals surface area contributed by atoms with Crippen LogP contribution in [0.25, 0.3) is 10.9 Å². The number of fused-ring (bicyclic) bond motifs is 1. The molecular weight excluding hydrogens is 350 g/mol. The average Bonchev–Trinajstić information content (AvgIpc) is 3.07. The predicted octanol–water partition coefficient (Wildman–Crippen LogP) is 4.83. The number of urea groups is 1. The van der Waals surface area contributed by atoms with E-state index in [-0.39, 0.29) is 6.03 Å². The number of aryl methyl sites for hydroxylation is 1. The zero-order chi connectivity index (χ0) is 19.3. The van der Waals surface area contributed by atoms with Crippen LogP contribution in [0, 0.1) is 0 Å². The number of hydrogen-bond donors (Lipinski definition) is 3. The van der Waals surface area contributed by atoms with Crippen molar-refractivity contribution in [3.63, 3.8) is 0 Å². The van der Waals surface area contributed by atoms with Gasteiger partial charge in [0.1, 0.15) is 5.82 Å². The summed E-state index contributed by atoms with van der Waals surface area (Å²) in [4.78, 5) is 16.6. The normalized spacial score (nSPS) is 10.6.